The maximum Gasteiger partial charge on any atom is 0.239 e. The lowest BCUT2D eigenvalue weighted by molar-refractivity contribution is -0.120. The highest BCUT2D eigenvalue weighted by molar-refractivity contribution is 6.31. The Labute approximate surface area is 153 Å². The quantitative estimate of drug-likeness (QED) is 0.816. The van der Waals surface area contributed by atoms with E-state index in [2.05, 4.69) is 5.32 Å². The van der Waals surface area contributed by atoms with E-state index in [1.54, 1.807) is 14.2 Å². The van der Waals surface area contributed by atoms with Gasteiger partial charge in [0.25, 0.3) is 0 Å². The first kappa shape index (κ1) is 18.9. The first-order chi connectivity index (χ1) is 12.0. The molecule has 0 aliphatic heterocycles. The first-order valence-corrected chi connectivity index (χ1v) is 8.31. The molecule has 0 saturated carbocycles. The van der Waals surface area contributed by atoms with Gasteiger partial charge >= 0.3 is 0 Å². The average Bonchev–Trinajstić information content (AvgIpc) is 2.61. The van der Waals surface area contributed by atoms with Crippen molar-refractivity contribution in [1.29, 1.82) is 0 Å². The van der Waals surface area contributed by atoms with Gasteiger partial charge in [0.05, 0.1) is 26.8 Å². The third-order valence-corrected chi connectivity index (χ3v) is 4.28. The molecule has 0 heterocycles. The summed E-state index contributed by atoms with van der Waals surface area (Å²) in [5, 5.41) is 3.61. The summed E-state index contributed by atoms with van der Waals surface area (Å²) < 4.78 is 10.5. The summed E-state index contributed by atoms with van der Waals surface area (Å²) in [6, 6.07) is 12.9. The molecule has 0 aliphatic carbocycles. The molecule has 1 unspecified atom stereocenters. The molecule has 0 spiro atoms. The number of hydrogen-bond acceptors (Lipinski definition) is 4. The Balaban J connectivity index is 2.01. The topological polar surface area (TPSA) is 50.8 Å². The molecular formula is C19H23ClN2O3. The van der Waals surface area contributed by atoms with Crippen LogP contribution in [-0.4, -0.2) is 33.7 Å². The van der Waals surface area contributed by atoms with Crippen LogP contribution < -0.4 is 19.7 Å². The van der Waals surface area contributed by atoms with Gasteiger partial charge in [-0.2, -0.15) is 0 Å². The number of benzene rings is 2. The highest BCUT2D eigenvalue weighted by Crippen LogP contribution is 2.31. The number of nitrogens with zero attached hydrogens (tertiary/aromatic N) is 1. The van der Waals surface area contributed by atoms with Crippen molar-refractivity contribution in [1.82, 2.24) is 5.32 Å². The largest absolute Gasteiger partial charge is 0.493 e. The van der Waals surface area contributed by atoms with Gasteiger partial charge in [-0.25, -0.2) is 0 Å². The molecule has 0 bridgehead atoms. The molecule has 1 amide bonds. The van der Waals surface area contributed by atoms with Crippen LogP contribution in [0.2, 0.25) is 5.02 Å². The van der Waals surface area contributed by atoms with Crippen LogP contribution in [0.4, 0.5) is 5.69 Å². The summed E-state index contributed by atoms with van der Waals surface area (Å²) in [4.78, 5) is 14.2. The molecule has 0 fully saturated rings. The molecule has 2 aromatic carbocycles. The summed E-state index contributed by atoms with van der Waals surface area (Å²) in [6.07, 6.45) is 0. The van der Waals surface area contributed by atoms with Crippen LogP contribution in [0, 0.1) is 0 Å². The van der Waals surface area contributed by atoms with E-state index in [-0.39, 0.29) is 18.5 Å². The number of rotatable bonds is 7. The molecule has 0 radical (unpaired) electrons. The van der Waals surface area contributed by atoms with E-state index in [1.807, 2.05) is 61.3 Å². The third kappa shape index (κ3) is 4.79. The number of anilines is 1. The molecule has 2 aromatic rings. The number of halogens is 1. The molecule has 134 valence electrons. The zero-order valence-corrected chi connectivity index (χ0v) is 15.6. The van der Waals surface area contributed by atoms with Gasteiger partial charge in [0, 0.05) is 23.8 Å². The lowest BCUT2D eigenvalue weighted by Gasteiger charge is -2.22. The van der Waals surface area contributed by atoms with Gasteiger partial charge in [0.2, 0.25) is 5.91 Å². The maximum atomic E-state index is 12.3. The van der Waals surface area contributed by atoms with Crippen LogP contribution >= 0.6 is 11.6 Å². The minimum atomic E-state index is -0.167. The van der Waals surface area contributed by atoms with Crippen molar-refractivity contribution in [2.75, 3.05) is 32.7 Å². The number of amides is 1. The second-order valence-corrected chi connectivity index (χ2v) is 6.11. The fourth-order valence-electron chi connectivity index (χ4n) is 2.56. The van der Waals surface area contributed by atoms with Crippen molar-refractivity contribution in [3.63, 3.8) is 0 Å². The summed E-state index contributed by atoms with van der Waals surface area (Å²) in [6.45, 7) is 2.12. The van der Waals surface area contributed by atoms with Crippen LogP contribution in [0.25, 0.3) is 0 Å². The summed E-state index contributed by atoms with van der Waals surface area (Å²) in [5.41, 5.74) is 1.75. The zero-order chi connectivity index (χ0) is 18.4. The SMILES string of the molecule is COc1ccc(N(C)CC(=O)NC(C)c2ccccc2Cl)cc1OC. The number of carbonyl (C=O) groups excluding carboxylic acids is 1. The molecule has 6 heteroatoms. The molecular weight excluding hydrogens is 340 g/mol. The monoisotopic (exact) mass is 362 g/mol. The van der Waals surface area contributed by atoms with Crippen LogP contribution in [-0.2, 0) is 4.79 Å². The standard InChI is InChI=1S/C19H23ClN2O3/c1-13(15-7-5-6-8-16(15)20)21-19(23)12-22(2)14-9-10-17(24-3)18(11-14)25-4/h5-11,13H,12H2,1-4H3,(H,21,23). The molecule has 1 N–H and O–H groups in total. The van der Waals surface area contributed by atoms with Gasteiger partial charge in [0.15, 0.2) is 11.5 Å². The smallest absolute Gasteiger partial charge is 0.239 e. The summed E-state index contributed by atoms with van der Waals surface area (Å²) in [7, 11) is 5.02. The number of nitrogens with one attached hydrogen (secondary N) is 1. The zero-order valence-electron chi connectivity index (χ0n) is 14.9. The molecule has 25 heavy (non-hydrogen) atoms. The van der Waals surface area contributed by atoms with Crippen LogP contribution in [0.1, 0.15) is 18.5 Å². The summed E-state index contributed by atoms with van der Waals surface area (Å²) in [5.74, 6) is 1.18. The Kier molecular flexibility index (Phi) is 6.53. The minimum Gasteiger partial charge on any atom is -0.493 e. The van der Waals surface area contributed by atoms with E-state index >= 15 is 0 Å². The third-order valence-electron chi connectivity index (χ3n) is 3.94. The number of methoxy groups -OCH3 is 2. The predicted octanol–water partition coefficient (Wildman–Crippen LogP) is 3.67. The Morgan fingerprint density at radius 1 is 1.16 bits per heavy atom. The first-order valence-electron chi connectivity index (χ1n) is 7.93. The van der Waals surface area contributed by atoms with Crippen molar-refractivity contribution in [3.8, 4) is 11.5 Å². The maximum absolute atomic E-state index is 12.3. The normalized spacial score (nSPS) is 11.6. The number of likely N-dealkylation sites (N-methyl/N-ethyl adjacent to an activating group) is 1. The van der Waals surface area contributed by atoms with E-state index in [0.717, 1.165) is 11.3 Å². The highest BCUT2D eigenvalue weighted by atomic mass is 35.5. The molecule has 0 saturated heterocycles. The van der Waals surface area contributed by atoms with Gasteiger partial charge in [-0.15, -0.1) is 0 Å². The van der Waals surface area contributed by atoms with Gasteiger partial charge < -0.3 is 19.7 Å². The van der Waals surface area contributed by atoms with E-state index in [9.17, 15) is 4.79 Å². The Hall–Kier alpha value is -2.40. The number of carbonyl (C=O) groups is 1. The van der Waals surface area contributed by atoms with Gasteiger partial charge in [0.1, 0.15) is 0 Å². The van der Waals surface area contributed by atoms with E-state index in [1.165, 1.54) is 0 Å². The Morgan fingerprint density at radius 2 is 1.84 bits per heavy atom. The van der Waals surface area contributed by atoms with Crippen molar-refractivity contribution in [3.05, 3.63) is 53.1 Å². The second-order valence-electron chi connectivity index (χ2n) is 5.71. The average molecular weight is 363 g/mol. The molecule has 0 aliphatic rings. The highest BCUT2D eigenvalue weighted by Gasteiger charge is 2.15. The fraction of sp³-hybridized carbons (Fsp3) is 0.316. The Morgan fingerprint density at radius 3 is 2.48 bits per heavy atom. The lowest BCUT2D eigenvalue weighted by atomic mass is 10.1. The minimum absolute atomic E-state index is 0.0929. The number of ether oxygens (including phenoxy) is 2. The van der Waals surface area contributed by atoms with Crippen molar-refractivity contribution in [2.24, 2.45) is 0 Å². The van der Waals surface area contributed by atoms with E-state index in [4.69, 9.17) is 21.1 Å². The molecule has 0 aromatic heterocycles. The van der Waals surface area contributed by atoms with Crippen LogP contribution in [0.15, 0.2) is 42.5 Å². The van der Waals surface area contributed by atoms with E-state index < -0.39 is 0 Å². The van der Waals surface area contributed by atoms with Crippen molar-refractivity contribution < 1.29 is 14.3 Å². The second kappa shape index (κ2) is 8.62. The fourth-order valence-corrected chi connectivity index (χ4v) is 2.86. The van der Waals surface area contributed by atoms with Crippen molar-refractivity contribution in [2.45, 2.75) is 13.0 Å². The molecule has 5 nitrogen and oxygen atoms in total. The van der Waals surface area contributed by atoms with Crippen LogP contribution in [0.5, 0.6) is 11.5 Å². The van der Waals surface area contributed by atoms with Gasteiger partial charge in [-0.05, 0) is 30.7 Å². The number of hydrogen-bond donors (Lipinski definition) is 1. The van der Waals surface area contributed by atoms with Crippen LogP contribution in [0.3, 0.4) is 0 Å². The van der Waals surface area contributed by atoms with E-state index in [0.29, 0.717) is 16.5 Å². The predicted molar refractivity (Wildman–Crippen MR) is 101 cm³/mol. The lowest BCUT2D eigenvalue weighted by Crippen LogP contribution is -2.36. The molecule has 1 atom stereocenters. The van der Waals surface area contributed by atoms with Gasteiger partial charge in [-0.3, -0.25) is 4.79 Å². The molecule has 2 rings (SSSR count). The van der Waals surface area contributed by atoms with Crippen molar-refractivity contribution >= 4 is 23.2 Å². The summed E-state index contributed by atoms with van der Waals surface area (Å²) >= 11 is 6.18. The Bertz CT molecular complexity index is 736. The van der Waals surface area contributed by atoms with Gasteiger partial charge in [-0.1, -0.05) is 29.8 Å².